The fourth-order valence-electron chi connectivity index (χ4n) is 3.34. The molecule has 0 aromatic heterocycles. The van der Waals surface area contributed by atoms with Gasteiger partial charge in [-0.2, -0.15) is 4.31 Å². The van der Waals surface area contributed by atoms with Gasteiger partial charge in [0.05, 0.1) is 17.1 Å². The number of anilines is 1. The van der Waals surface area contributed by atoms with Crippen LogP contribution in [0.1, 0.15) is 35.3 Å². The molecule has 3 rings (SSSR count). The zero-order valence-corrected chi connectivity index (χ0v) is 17.4. The van der Waals surface area contributed by atoms with Crippen molar-refractivity contribution >= 4 is 21.6 Å². The topological polar surface area (TPSA) is 75.7 Å². The summed E-state index contributed by atoms with van der Waals surface area (Å²) in [5.41, 5.74) is 3.00. The van der Waals surface area contributed by atoms with E-state index in [-0.39, 0.29) is 23.0 Å². The van der Waals surface area contributed by atoms with Crippen molar-refractivity contribution in [1.82, 2.24) is 4.31 Å². The van der Waals surface area contributed by atoms with Crippen LogP contribution < -0.4 is 5.32 Å². The van der Waals surface area contributed by atoms with Gasteiger partial charge >= 0.3 is 0 Å². The van der Waals surface area contributed by atoms with Gasteiger partial charge in [-0.05, 0) is 63.1 Å². The van der Waals surface area contributed by atoms with Crippen LogP contribution in [-0.4, -0.2) is 43.9 Å². The Morgan fingerprint density at radius 2 is 1.75 bits per heavy atom. The molecule has 1 heterocycles. The van der Waals surface area contributed by atoms with Gasteiger partial charge in [0, 0.05) is 24.3 Å². The number of aryl methyl sites for hydroxylation is 2. The van der Waals surface area contributed by atoms with Crippen LogP contribution in [0.25, 0.3) is 0 Å². The Morgan fingerprint density at radius 3 is 2.43 bits per heavy atom. The molecule has 0 spiro atoms. The van der Waals surface area contributed by atoms with E-state index in [0.29, 0.717) is 24.3 Å². The predicted molar refractivity (Wildman–Crippen MR) is 109 cm³/mol. The van der Waals surface area contributed by atoms with Crippen LogP contribution in [0.3, 0.4) is 0 Å². The fraction of sp³-hybridized carbons (Fsp3) is 0.381. The second-order valence-electron chi connectivity index (χ2n) is 7.38. The molecule has 0 radical (unpaired) electrons. The van der Waals surface area contributed by atoms with Crippen LogP contribution in [0.5, 0.6) is 0 Å². The predicted octanol–water partition coefficient (Wildman–Crippen LogP) is 3.35. The zero-order valence-electron chi connectivity index (χ0n) is 16.6. The lowest BCUT2D eigenvalue weighted by molar-refractivity contribution is -0.0440. The van der Waals surface area contributed by atoms with Gasteiger partial charge < -0.3 is 10.1 Å². The average molecular weight is 403 g/mol. The van der Waals surface area contributed by atoms with Gasteiger partial charge in [-0.25, -0.2) is 8.42 Å². The number of carbonyl (C=O) groups is 1. The smallest absolute Gasteiger partial charge is 0.255 e. The number of hydrogen-bond donors (Lipinski definition) is 1. The van der Waals surface area contributed by atoms with Gasteiger partial charge in [-0.15, -0.1) is 0 Å². The molecule has 1 aliphatic rings. The molecule has 28 heavy (non-hydrogen) atoms. The highest BCUT2D eigenvalue weighted by atomic mass is 32.2. The maximum atomic E-state index is 13.0. The second-order valence-corrected chi connectivity index (χ2v) is 9.32. The fourth-order valence-corrected chi connectivity index (χ4v) is 4.98. The first-order valence-electron chi connectivity index (χ1n) is 9.31. The minimum atomic E-state index is -3.70. The van der Waals surface area contributed by atoms with E-state index in [2.05, 4.69) is 5.32 Å². The van der Waals surface area contributed by atoms with Gasteiger partial charge in [0.2, 0.25) is 10.0 Å². The molecule has 7 heteroatoms. The molecule has 1 aliphatic heterocycles. The Morgan fingerprint density at radius 1 is 1.07 bits per heavy atom. The van der Waals surface area contributed by atoms with Crippen LogP contribution >= 0.6 is 0 Å². The van der Waals surface area contributed by atoms with E-state index >= 15 is 0 Å². The Kier molecular flexibility index (Phi) is 5.88. The maximum absolute atomic E-state index is 13.0. The molecular weight excluding hydrogens is 376 g/mol. The summed E-state index contributed by atoms with van der Waals surface area (Å²) in [4.78, 5) is 12.8. The standard InChI is InChI=1S/C21H26N2O4S/c1-14-8-9-15(2)20(10-14)22-21(24)18-6-5-7-19(11-18)28(25,26)23-12-16(3)27-17(4)13-23/h5-11,16-17H,12-13H2,1-4H3,(H,22,24). The molecule has 6 nitrogen and oxygen atoms in total. The van der Waals surface area contributed by atoms with Gasteiger partial charge in [0.15, 0.2) is 0 Å². The Bertz CT molecular complexity index is 978. The molecule has 1 amide bonds. The Hall–Kier alpha value is -2.22. The number of carbonyl (C=O) groups excluding carboxylic acids is 1. The summed E-state index contributed by atoms with van der Waals surface area (Å²) < 4.78 is 33.1. The molecular formula is C21H26N2O4S. The summed E-state index contributed by atoms with van der Waals surface area (Å²) in [6.45, 7) is 8.17. The van der Waals surface area contributed by atoms with Crippen molar-refractivity contribution in [3.63, 3.8) is 0 Å². The SMILES string of the molecule is Cc1ccc(C)c(NC(=O)c2cccc(S(=O)(=O)N3CC(C)OC(C)C3)c2)c1. The lowest BCUT2D eigenvalue weighted by Crippen LogP contribution is -2.48. The lowest BCUT2D eigenvalue weighted by atomic mass is 10.1. The zero-order chi connectivity index (χ0) is 20.5. The van der Waals surface area contributed by atoms with Crippen LogP contribution in [0.4, 0.5) is 5.69 Å². The number of nitrogens with one attached hydrogen (secondary N) is 1. The highest BCUT2D eigenvalue weighted by molar-refractivity contribution is 7.89. The van der Waals surface area contributed by atoms with Crippen molar-refractivity contribution < 1.29 is 17.9 Å². The Labute approximate surface area is 166 Å². The number of nitrogens with zero attached hydrogens (tertiary/aromatic N) is 1. The largest absolute Gasteiger partial charge is 0.373 e. The summed E-state index contributed by atoms with van der Waals surface area (Å²) in [7, 11) is -3.70. The van der Waals surface area contributed by atoms with Gasteiger partial charge in [-0.1, -0.05) is 18.2 Å². The van der Waals surface area contributed by atoms with Gasteiger partial charge in [-0.3, -0.25) is 4.79 Å². The van der Waals surface area contributed by atoms with E-state index in [0.717, 1.165) is 11.1 Å². The molecule has 2 atom stereocenters. The number of morpholine rings is 1. The van der Waals surface area contributed by atoms with Gasteiger partial charge in [0.1, 0.15) is 0 Å². The molecule has 0 saturated carbocycles. The van der Waals surface area contributed by atoms with Crippen molar-refractivity contribution in [3.8, 4) is 0 Å². The molecule has 2 aromatic rings. The summed E-state index contributed by atoms with van der Waals surface area (Å²) in [5, 5.41) is 2.87. The molecule has 1 N–H and O–H groups in total. The van der Waals surface area contributed by atoms with Crippen LogP contribution in [0.15, 0.2) is 47.4 Å². The van der Waals surface area contributed by atoms with E-state index < -0.39 is 10.0 Å². The van der Waals surface area contributed by atoms with Crippen LogP contribution in [0.2, 0.25) is 0 Å². The average Bonchev–Trinajstić information content (AvgIpc) is 2.64. The third-order valence-corrected chi connectivity index (χ3v) is 6.59. The van der Waals surface area contributed by atoms with E-state index in [1.807, 2.05) is 45.9 Å². The molecule has 150 valence electrons. The number of hydrogen-bond acceptors (Lipinski definition) is 4. The highest BCUT2D eigenvalue weighted by Gasteiger charge is 2.32. The summed E-state index contributed by atoms with van der Waals surface area (Å²) in [5.74, 6) is -0.338. The normalized spacial score (nSPS) is 20.7. The molecule has 1 saturated heterocycles. The van der Waals surface area contributed by atoms with E-state index in [9.17, 15) is 13.2 Å². The molecule has 2 unspecified atom stereocenters. The summed E-state index contributed by atoms with van der Waals surface area (Å²) >= 11 is 0. The number of rotatable bonds is 4. The first-order valence-corrected chi connectivity index (χ1v) is 10.7. The van der Waals surface area contributed by atoms with Crippen molar-refractivity contribution in [1.29, 1.82) is 0 Å². The van der Waals surface area contributed by atoms with Crippen molar-refractivity contribution in [2.24, 2.45) is 0 Å². The van der Waals surface area contributed by atoms with E-state index in [1.165, 1.54) is 16.4 Å². The lowest BCUT2D eigenvalue weighted by Gasteiger charge is -2.34. The summed E-state index contributed by atoms with van der Waals surface area (Å²) in [6.07, 6.45) is -0.344. The van der Waals surface area contributed by atoms with Gasteiger partial charge in [0.25, 0.3) is 5.91 Å². The van der Waals surface area contributed by atoms with Crippen molar-refractivity contribution in [2.75, 3.05) is 18.4 Å². The minimum absolute atomic E-state index is 0.113. The van der Waals surface area contributed by atoms with E-state index in [4.69, 9.17) is 4.74 Å². The number of amides is 1. The van der Waals surface area contributed by atoms with Crippen LogP contribution in [0, 0.1) is 13.8 Å². The maximum Gasteiger partial charge on any atom is 0.255 e. The summed E-state index contributed by atoms with van der Waals surface area (Å²) in [6, 6.07) is 12.0. The number of sulfonamides is 1. The molecule has 0 bridgehead atoms. The van der Waals surface area contributed by atoms with Crippen LogP contribution in [-0.2, 0) is 14.8 Å². The first kappa shape index (κ1) is 20.5. The third-order valence-electron chi connectivity index (χ3n) is 4.76. The number of benzene rings is 2. The van der Waals surface area contributed by atoms with E-state index in [1.54, 1.807) is 12.1 Å². The third kappa shape index (κ3) is 4.43. The minimum Gasteiger partial charge on any atom is -0.373 e. The molecule has 1 fully saturated rings. The Balaban J connectivity index is 1.85. The van der Waals surface area contributed by atoms with Crippen molar-refractivity contribution in [2.45, 2.75) is 44.8 Å². The first-order chi connectivity index (χ1) is 13.2. The van der Waals surface area contributed by atoms with Crippen molar-refractivity contribution in [3.05, 3.63) is 59.2 Å². The quantitative estimate of drug-likeness (QED) is 0.851. The second kappa shape index (κ2) is 8.03. The molecule has 2 aromatic carbocycles. The highest BCUT2D eigenvalue weighted by Crippen LogP contribution is 2.23. The number of ether oxygens (including phenoxy) is 1. The molecule has 0 aliphatic carbocycles. The monoisotopic (exact) mass is 402 g/mol.